The Balaban J connectivity index is 3.19. The highest BCUT2D eigenvalue weighted by Crippen LogP contribution is 2.14. The first-order valence-electron chi connectivity index (χ1n) is 4.26. The lowest BCUT2D eigenvalue weighted by atomic mass is 9.99. The lowest BCUT2D eigenvalue weighted by Crippen LogP contribution is -2.17. The molecular weight excluding hydrogens is 180 g/mol. The monoisotopic (exact) mass is 192 g/mol. The first kappa shape index (κ1) is 10.4. The molecule has 0 aliphatic heterocycles. The van der Waals surface area contributed by atoms with Crippen molar-refractivity contribution in [2.75, 3.05) is 7.11 Å². The van der Waals surface area contributed by atoms with E-state index in [9.17, 15) is 9.59 Å². The molecule has 0 saturated heterocycles. The topological polar surface area (TPSA) is 43.4 Å². The highest BCUT2D eigenvalue weighted by Gasteiger charge is 2.20. The summed E-state index contributed by atoms with van der Waals surface area (Å²) < 4.78 is 4.39. The summed E-state index contributed by atoms with van der Waals surface area (Å²) in [5.41, 5.74) is 2.03. The van der Waals surface area contributed by atoms with E-state index in [1.165, 1.54) is 7.11 Å². The van der Waals surface area contributed by atoms with Gasteiger partial charge < -0.3 is 4.74 Å². The Morgan fingerprint density at radius 2 is 1.64 bits per heavy atom. The van der Waals surface area contributed by atoms with Crippen LogP contribution in [-0.2, 0) is 9.53 Å². The van der Waals surface area contributed by atoms with Crippen LogP contribution in [-0.4, -0.2) is 18.9 Å². The van der Waals surface area contributed by atoms with Crippen molar-refractivity contribution in [1.82, 2.24) is 0 Å². The van der Waals surface area contributed by atoms with Crippen molar-refractivity contribution in [1.29, 1.82) is 0 Å². The molecule has 0 N–H and O–H groups in total. The molecule has 0 saturated carbocycles. The molecule has 0 bridgehead atoms. The second kappa shape index (κ2) is 4.05. The van der Waals surface area contributed by atoms with Crippen molar-refractivity contribution in [2.24, 2.45) is 0 Å². The standard InChI is InChI=1S/C11H12O3/c1-7-5-4-6-8(2)9(7)10(12)11(13)14-3/h4-6H,1-3H3. The Bertz CT molecular complexity index is 360. The fraction of sp³-hybridized carbons (Fsp3) is 0.273. The molecular formula is C11H12O3. The molecule has 0 aliphatic rings. The van der Waals surface area contributed by atoms with Crippen molar-refractivity contribution >= 4 is 11.8 Å². The smallest absolute Gasteiger partial charge is 0.379 e. The number of carbonyl (C=O) groups is 2. The van der Waals surface area contributed by atoms with Crippen LogP contribution in [0.3, 0.4) is 0 Å². The number of Topliss-reactive ketones (excluding diaryl/α,β-unsaturated/α-hetero) is 1. The van der Waals surface area contributed by atoms with E-state index < -0.39 is 11.8 Å². The maximum atomic E-state index is 11.5. The molecule has 3 nitrogen and oxygen atoms in total. The van der Waals surface area contributed by atoms with E-state index in [1.807, 2.05) is 6.07 Å². The van der Waals surface area contributed by atoms with Crippen LogP contribution < -0.4 is 0 Å². The van der Waals surface area contributed by atoms with Gasteiger partial charge in [0, 0.05) is 5.56 Å². The number of methoxy groups -OCH3 is 1. The van der Waals surface area contributed by atoms with Crippen molar-refractivity contribution in [3.63, 3.8) is 0 Å². The summed E-state index contributed by atoms with van der Waals surface area (Å²) in [5, 5.41) is 0. The van der Waals surface area contributed by atoms with Gasteiger partial charge in [-0.3, -0.25) is 4.79 Å². The van der Waals surface area contributed by atoms with Gasteiger partial charge in [-0.2, -0.15) is 0 Å². The van der Waals surface area contributed by atoms with Gasteiger partial charge >= 0.3 is 5.97 Å². The second-order valence-electron chi connectivity index (χ2n) is 3.09. The molecule has 0 spiro atoms. The maximum Gasteiger partial charge on any atom is 0.379 e. The summed E-state index contributed by atoms with van der Waals surface area (Å²) in [6.45, 7) is 3.59. The number of hydrogen-bond donors (Lipinski definition) is 0. The second-order valence-corrected chi connectivity index (χ2v) is 3.09. The van der Waals surface area contributed by atoms with E-state index in [-0.39, 0.29) is 0 Å². The van der Waals surface area contributed by atoms with E-state index >= 15 is 0 Å². The molecule has 3 heteroatoms. The number of hydrogen-bond acceptors (Lipinski definition) is 3. The molecule has 0 unspecified atom stereocenters. The Hall–Kier alpha value is -1.64. The molecule has 1 aromatic rings. The van der Waals surface area contributed by atoms with Gasteiger partial charge in [-0.15, -0.1) is 0 Å². The molecule has 0 heterocycles. The zero-order valence-electron chi connectivity index (χ0n) is 8.46. The largest absolute Gasteiger partial charge is 0.463 e. The minimum Gasteiger partial charge on any atom is -0.463 e. The molecule has 74 valence electrons. The van der Waals surface area contributed by atoms with Crippen LogP contribution in [0.15, 0.2) is 18.2 Å². The summed E-state index contributed by atoms with van der Waals surface area (Å²) >= 11 is 0. The summed E-state index contributed by atoms with van der Waals surface area (Å²) in [6.07, 6.45) is 0. The highest BCUT2D eigenvalue weighted by atomic mass is 16.5. The number of ether oxygens (including phenoxy) is 1. The third kappa shape index (κ3) is 1.82. The number of carbonyl (C=O) groups excluding carboxylic acids is 2. The summed E-state index contributed by atoms with van der Waals surface area (Å²) in [5.74, 6) is -1.40. The minimum absolute atomic E-state index is 0.444. The average molecular weight is 192 g/mol. The Kier molecular flexibility index (Phi) is 3.02. The zero-order valence-corrected chi connectivity index (χ0v) is 8.46. The maximum absolute atomic E-state index is 11.5. The van der Waals surface area contributed by atoms with Crippen molar-refractivity contribution in [3.8, 4) is 0 Å². The van der Waals surface area contributed by atoms with Crippen LogP contribution in [0, 0.1) is 13.8 Å². The van der Waals surface area contributed by atoms with Crippen molar-refractivity contribution < 1.29 is 14.3 Å². The third-order valence-corrected chi connectivity index (χ3v) is 2.08. The van der Waals surface area contributed by atoms with E-state index in [1.54, 1.807) is 26.0 Å². The SMILES string of the molecule is COC(=O)C(=O)c1c(C)cccc1C. The van der Waals surface area contributed by atoms with Crippen molar-refractivity contribution in [3.05, 3.63) is 34.9 Å². The van der Waals surface area contributed by atoms with Crippen molar-refractivity contribution in [2.45, 2.75) is 13.8 Å². The van der Waals surface area contributed by atoms with Gasteiger partial charge in [-0.1, -0.05) is 18.2 Å². The quantitative estimate of drug-likeness (QED) is 0.406. The van der Waals surface area contributed by atoms with Crippen LogP contribution in [0.25, 0.3) is 0 Å². The van der Waals surface area contributed by atoms with Gasteiger partial charge in [0.05, 0.1) is 7.11 Å². The van der Waals surface area contributed by atoms with E-state index in [0.29, 0.717) is 5.56 Å². The first-order chi connectivity index (χ1) is 6.57. The molecule has 14 heavy (non-hydrogen) atoms. The predicted octanol–water partition coefficient (Wildman–Crippen LogP) is 1.66. The van der Waals surface area contributed by atoms with E-state index in [4.69, 9.17) is 0 Å². The minimum atomic E-state index is -0.817. The first-order valence-corrected chi connectivity index (χ1v) is 4.26. The normalized spacial score (nSPS) is 9.64. The number of ketones is 1. The Morgan fingerprint density at radius 3 is 2.07 bits per heavy atom. The van der Waals surface area contributed by atoms with Gasteiger partial charge in [-0.05, 0) is 25.0 Å². The molecule has 1 rings (SSSR count). The number of benzene rings is 1. The summed E-state index contributed by atoms with van der Waals surface area (Å²) in [7, 11) is 1.20. The number of rotatable bonds is 2. The van der Waals surface area contributed by atoms with Gasteiger partial charge in [0.25, 0.3) is 5.78 Å². The molecule has 1 aromatic carbocycles. The Morgan fingerprint density at radius 1 is 1.14 bits per heavy atom. The van der Waals surface area contributed by atoms with Crippen LogP contribution >= 0.6 is 0 Å². The van der Waals surface area contributed by atoms with Crippen LogP contribution in [0.2, 0.25) is 0 Å². The molecule has 0 fully saturated rings. The van der Waals surface area contributed by atoms with E-state index in [0.717, 1.165) is 11.1 Å². The fourth-order valence-electron chi connectivity index (χ4n) is 1.37. The summed E-state index contributed by atoms with van der Waals surface area (Å²) in [6, 6.07) is 5.44. The van der Waals surface area contributed by atoms with Crippen LogP contribution in [0.4, 0.5) is 0 Å². The lowest BCUT2D eigenvalue weighted by molar-refractivity contribution is -0.135. The Labute approximate surface area is 82.7 Å². The lowest BCUT2D eigenvalue weighted by Gasteiger charge is -2.06. The van der Waals surface area contributed by atoms with Crippen LogP contribution in [0.5, 0.6) is 0 Å². The average Bonchev–Trinajstić information content (AvgIpc) is 2.16. The highest BCUT2D eigenvalue weighted by molar-refractivity contribution is 6.41. The van der Waals surface area contributed by atoms with Gasteiger partial charge in [0.15, 0.2) is 0 Å². The van der Waals surface area contributed by atoms with Gasteiger partial charge in [-0.25, -0.2) is 4.79 Å². The molecule has 0 atom stereocenters. The van der Waals surface area contributed by atoms with Crippen LogP contribution in [0.1, 0.15) is 21.5 Å². The number of esters is 1. The van der Waals surface area contributed by atoms with Gasteiger partial charge in [0.1, 0.15) is 0 Å². The molecule has 0 radical (unpaired) electrons. The number of aryl methyl sites for hydroxylation is 2. The zero-order chi connectivity index (χ0) is 10.7. The molecule has 0 aliphatic carbocycles. The predicted molar refractivity (Wildman–Crippen MR) is 52.3 cm³/mol. The molecule has 0 aromatic heterocycles. The molecule has 0 amide bonds. The van der Waals surface area contributed by atoms with Gasteiger partial charge in [0.2, 0.25) is 0 Å². The summed E-state index contributed by atoms with van der Waals surface area (Å²) in [4.78, 5) is 22.6. The van der Waals surface area contributed by atoms with E-state index in [2.05, 4.69) is 4.74 Å². The fourth-order valence-corrected chi connectivity index (χ4v) is 1.37. The third-order valence-electron chi connectivity index (χ3n) is 2.08.